The summed E-state index contributed by atoms with van der Waals surface area (Å²) in [4.78, 5) is 21.3. The number of aromatic hydroxyl groups is 1. The Morgan fingerprint density at radius 1 is 1.29 bits per heavy atom. The van der Waals surface area contributed by atoms with Gasteiger partial charge in [-0.1, -0.05) is 12.1 Å². The van der Waals surface area contributed by atoms with E-state index in [9.17, 15) is 14.7 Å². The van der Waals surface area contributed by atoms with E-state index in [4.69, 9.17) is 10.2 Å². The molecule has 0 spiro atoms. The van der Waals surface area contributed by atoms with E-state index in [1.54, 1.807) is 6.07 Å². The van der Waals surface area contributed by atoms with Crippen LogP contribution in [0.15, 0.2) is 24.3 Å². The van der Waals surface area contributed by atoms with E-state index in [-0.39, 0.29) is 18.7 Å². The van der Waals surface area contributed by atoms with Gasteiger partial charge in [0.2, 0.25) is 0 Å². The SMILES string of the molecule is O=C(O)CCNC(C(=O)O)c1cccc(O)c1. The first-order valence-electron chi connectivity index (χ1n) is 4.97. The van der Waals surface area contributed by atoms with E-state index in [1.807, 2.05) is 0 Å². The summed E-state index contributed by atoms with van der Waals surface area (Å²) in [5.41, 5.74) is 0.378. The zero-order valence-corrected chi connectivity index (χ0v) is 8.96. The van der Waals surface area contributed by atoms with Crippen LogP contribution < -0.4 is 5.32 Å². The number of carboxylic acids is 2. The Hall–Kier alpha value is -2.08. The fourth-order valence-electron chi connectivity index (χ4n) is 1.38. The summed E-state index contributed by atoms with van der Waals surface area (Å²) in [5, 5.41) is 29.3. The van der Waals surface area contributed by atoms with E-state index in [0.717, 1.165) is 0 Å². The van der Waals surface area contributed by atoms with Crippen molar-refractivity contribution in [3.05, 3.63) is 29.8 Å². The molecule has 0 amide bonds. The Labute approximate surface area is 97.5 Å². The molecule has 17 heavy (non-hydrogen) atoms. The molecular formula is C11H13NO5. The Morgan fingerprint density at radius 2 is 2.00 bits per heavy atom. The third-order valence-corrected chi connectivity index (χ3v) is 2.14. The van der Waals surface area contributed by atoms with Gasteiger partial charge in [0.1, 0.15) is 11.8 Å². The lowest BCUT2D eigenvalue weighted by Crippen LogP contribution is -2.30. The molecule has 6 heteroatoms. The summed E-state index contributed by atoms with van der Waals surface area (Å²) < 4.78 is 0. The molecule has 6 nitrogen and oxygen atoms in total. The summed E-state index contributed by atoms with van der Waals surface area (Å²) in [6.45, 7) is 0.0436. The molecule has 0 aliphatic rings. The highest BCUT2D eigenvalue weighted by Crippen LogP contribution is 2.18. The van der Waals surface area contributed by atoms with E-state index >= 15 is 0 Å². The number of hydrogen-bond donors (Lipinski definition) is 4. The van der Waals surface area contributed by atoms with Gasteiger partial charge in [-0.3, -0.25) is 9.59 Å². The van der Waals surface area contributed by atoms with Crippen LogP contribution >= 0.6 is 0 Å². The highest BCUT2D eigenvalue weighted by molar-refractivity contribution is 5.76. The molecular weight excluding hydrogens is 226 g/mol. The summed E-state index contributed by atoms with van der Waals surface area (Å²) >= 11 is 0. The van der Waals surface area contributed by atoms with Crippen LogP contribution in [0.2, 0.25) is 0 Å². The van der Waals surface area contributed by atoms with E-state index in [0.29, 0.717) is 5.56 Å². The van der Waals surface area contributed by atoms with E-state index in [1.165, 1.54) is 18.2 Å². The van der Waals surface area contributed by atoms with Crippen molar-refractivity contribution in [3.8, 4) is 5.75 Å². The van der Waals surface area contributed by atoms with Crippen LogP contribution in [-0.2, 0) is 9.59 Å². The molecule has 1 unspecified atom stereocenters. The van der Waals surface area contributed by atoms with Gasteiger partial charge < -0.3 is 20.6 Å². The average Bonchev–Trinajstić information content (AvgIpc) is 2.23. The normalized spacial score (nSPS) is 12.0. The van der Waals surface area contributed by atoms with E-state index < -0.39 is 18.0 Å². The lowest BCUT2D eigenvalue weighted by atomic mass is 10.1. The van der Waals surface area contributed by atoms with Crippen molar-refractivity contribution in [1.29, 1.82) is 0 Å². The second-order valence-electron chi connectivity index (χ2n) is 3.46. The highest BCUT2D eigenvalue weighted by atomic mass is 16.4. The van der Waals surface area contributed by atoms with Crippen LogP contribution in [-0.4, -0.2) is 33.8 Å². The van der Waals surface area contributed by atoms with Crippen molar-refractivity contribution in [2.24, 2.45) is 0 Å². The largest absolute Gasteiger partial charge is 0.508 e. The minimum absolute atomic E-state index is 0.0335. The molecule has 92 valence electrons. The molecule has 0 bridgehead atoms. The molecule has 1 aromatic rings. The minimum atomic E-state index is -1.12. The maximum absolute atomic E-state index is 11.0. The highest BCUT2D eigenvalue weighted by Gasteiger charge is 2.19. The summed E-state index contributed by atoms with van der Waals surface area (Å²) in [5.74, 6) is -2.16. The van der Waals surface area contributed by atoms with Gasteiger partial charge in [-0.15, -0.1) is 0 Å². The number of hydrogen-bond acceptors (Lipinski definition) is 4. The molecule has 0 fully saturated rings. The summed E-state index contributed by atoms with van der Waals surface area (Å²) in [6, 6.07) is 4.80. The molecule has 0 aromatic heterocycles. The van der Waals surface area contributed by atoms with Gasteiger partial charge in [-0.25, -0.2) is 0 Å². The Kier molecular flexibility index (Phi) is 4.47. The maximum atomic E-state index is 11.0. The number of phenolic OH excluding ortho intramolecular Hbond substituents is 1. The molecule has 0 heterocycles. The quantitative estimate of drug-likeness (QED) is 0.578. The molecule has 1 rings (SSSR count). The second kappa shape index (κ2) is 5.86. The number of aliphatic carboxylic acids is 2. The van der Waals surface area contributed by atoms with Crippen molar-refractivity contribution in [3.63, 3.8) is 0 Å². The fourth-order valence-corrected chi connectivity index (χ4v) is 1.38. The van der Waals surface area contributed by atoms with Gasteiger partial charge in [0.05, 0.1) is 6.42 Å². The van der Waals surface area contributed by atoms with Crippen LogP contribution in [0.1, 0.15) is 18.0 Å². The van der Waals surface area contributed by atoms with Crippen molar-refractivity contribution >= 4 is 11.9 Å². The fraction of sp³-hybridized carbons (Fsp3) is 0.273. The number of benzene rings is 1. The third kappa shape index (κ3) is 4.12. The smallest absolute Gasteiger partial charge is 0.325 e. The zero-order chi connectivity index (χ0) is 12.8. The third-order valence-electron chi connectivity index (χ3n) is 2.14. The lowest BCUT2D eigenvalue weighted by molar-refractivity contribution is -0.141. The molecule has 0 saturated carbocycles. The summed E-state index contributed by atoms with van der Waals surface area (Å²) in [7, 11) is 0. The zero-order valence-electron chi connectivity index (χ0n) is 8.96. The number of phenols is 1. The standard InChI is InChI=1S/C11H13NO5/c13-8-3-1-2-7(6-8)10(11(16)17)12-5-4-9(14)15/h1-3,6,10,12-13H,4-5H2,(H,14,15)(H,16,17). The predicted molar refractivity (Wildman–Crippen MR) is 58.7 cm³/mol. The Bertz CT molecular complexity index is 418. The van der Waals surface area contributed by atoms with Crippen LogP contribution in [0.25, 0.3) is 0 Å². The molecule has 0 aliphatic carbocycles. The number of carbonyl (C=O) groups is 2. The van der Waals surface area contributed by atoms with Crippen LogP contribution in [0, 0.1) is 0 Å². The van der Waals surface area contributed by atoms with Crippen LogP contribution in [0.4, 0.5) is 0 Å². The van der Waals surface area contributed by atoms with Gasteiger partial charge in [-0.2, -0.15) is 0 Å². The van der Waals surface area contributed by atoms with E-state index in [2.05, 4.69) is 5.32 Å². The predicted octanol–water partition coefficient (Wildman–Crippen LogP) is 0.582. The van der Waals surface area contributed by atoms with Crippen molar-refractivity contribution in [2.45, 2.75) is 12.5 Å². The van der Waals surface area contributed by atoms with Crippen molar-refractivity contribution < 1.29 is 24.9 Å². The lowest BCUT2D eigenvalue weighted by Gasteiger charge is -2.14. The van der Waals surface area contributed by atoms with Crippen LogP contribution in [0.3, 0.4) is 0 Å². The Balaban J connectivity index is 2.72. The van der Waals surface area contributed by atoms with Gasteiger partial charge in [0, 0.05) is 6.54 Å². The van der Waals surface area contributed by atoms with Gasteiger partial charge in [-0.05, 0) is 17.7 Å². The average molecular weight is 239 g/mol. The first kappa shape index (κ1) is 13.0. The second-order valence-corrected chi connectivity index (χ2v) is 3.46. The first-order valence-corrected chi connectivity index (χ1v) is 4.97. The molecule has 1 atom stereocenters. The molecule has 0 aliphatic heterocycles. The number of nitrogens with one attached hydrogen (secondary N) is 1. The number of rotatable bonds is 6. The summed E-state index contributed by atoms with van der Waals surface area (Å²) in [6.07, 6.45) is -0.164. The van der Waals surface area contributed by atoms with Gasteiger partial charge in [0.15, 0.2) is 0 Å². The monoisotopic (exact) mass is 239 g/mol. The molecule has 0 saturated heterocycles. The first-order chi connectivity index (χ1) is 8.00. The van der Waals surface area contributed by atoms with Gasteiger partial charge in [0.25, 0.3) is 0 Å². The van der Waals surface area contributed by atoms with Gasteiger partial charge >= 0.3 is 11.9 Å². The molecule has 0 radical (unpaired) electrons. The molecule has 1 aromatic carbocycles. The maximum Gasteiger partial charge on any atom is 0.325 e. The van der Waals surface area contributed by atoms with Crippen LogP contribution in [0.5, 0.6) is 5.75 Å². The molecule has 4 N–H and O–H groups in total. The van der Waals surface area contributed by atoms with Crippen molar-refractivity contribution in [1.82, 2.24) is 5.32 Å². The Morgan fingerprint density at radius 3 is 2.53 bits per heavy atom. The topological polar surface area (TPSA) is 107 Å². The van der Waals surface area contributed by atoms with Crippen molar-refractivity contribution in [2.75, 3.05) is 6.54 Å². The minimum Gasteiger partial charge on any atom is -0.508 e. The number of carboxylic acid groups (broad SMARTS) is 2.